The molecule has 0 saturated carbocycles. The minimum Gasteiger partial charge on any atom is -0.488 e. The van der Waals surface area contributed by atoms with E-state index in [4.69, 9.17) is 14.2 Å². The Balaban J connectivity index is 1.36. The molecule has 1 saturated heterocycles. The Labute approximate surface area is 283 Å². The molecule has 6 rings (SSSR count). The van der Waals surface area contributed by atoms with Crippen molar-refractivity contribution in [2.24, 2.45) is 0 Å². The molecule has 6 heteroatoms. The van der Waals surface area contributed by atoms with E-state index in [0.717, 1.165) is 66.4 Å². The molecule has 1 fully saturated rings. The number of hydrogen-bond acceptors (Lipinski definition) is 5. The summed E-state index contributed by atoms with van der Waals surface area (Å²) in [7, 11) is 0. The zero-order valence-electron chi connectivity index (χ0n) is 27.5. The fraction of sp³-hybridized carbons (Fsp3) is 0.214. The lowest BCUT2D eigenvalue weighted by Gasteiger charge is -2.27. The molecule has 0 radical (unpaired) electrons. The number of benzene rings is 5. The Morgan fingerprint density at radius 1 is 0.688 bits per heavy atom. The van der Waals surface area contributed by atoms with Gasteiger partial charge in [-0.2, -0.15) is 0 Å². The van der Waals surface area contributed by atoms with Crippen molar-refractivity contribution in [3.8, 4) is 11.5 Å². The molecule has 0 aromatic heterocycles. The summed E-state index contributed by atoms with van der Waals surface area (Å²) in [5.41, 5.74) is 7.09. The van der Waals surface area contributed by atoms with Crippen LogP contribution in [0.4, 0.5) is 5.69 Å². The average Bonchev–Trinajstić information content (AvgIpc) is 3.14. The fourth-order valence-electron chi connectivity index (χ4n) is 5.76. The SMILES string of the molecule is C=C(C)c1cc(C(=O)N(Cc2ccccc2)c2ccc(CN3CCOCC3)cc2)c(OCc2ccccc2)cc1OCc1ccccc1. The molecular formula is C42H42N2O4. The van der Waals surface area contributed by atoms with Gasteiger partial charge in [0.2, 0.25) is 0 Å². The van der Waals surface area contributed by atoms with Gasteiger partial charge in [-0.15, -0.1) is 0 Å². The van der Waals surface area contributed by atoms with Crippen molar-refractivity contribution in [3.05, 3.63) is 167 Å². The number of nitrogens with zero attached hydrogens (tertiary/aromatic N) is 2. The van der Waals surface area contributed by atoms with Gasteiger partial charge in [-0.1, -0.05) is 110 Å². The van der Waals surface area contributed by atoms with Crippen LogP contribution >= 0.6 is 0 Å². The Hall–Kier alpha value is -5.17. The molecule has 0 atom stereocenters. The van der Waals surface area contributed by atoms with E-state index >= 15 is 0 Å². The van der Waals surface area contributed by atoms with Crippen molar-refractivity contribution in [2.75, 3.05) is 31.2 Å². The number of amides is 1. The number of carbonyl (C=O) groups excluding carboxylic acids is 1. The molecule has 244 valence electrons. The minimum atomic E-state index is -0.167. The van der Waals surface area contributed by atoms with Crippen LogP contribution in [0, 0.1) is 0 Å². The van der Waals surface area contributed by atoms with Gasteiger partial charge in [0.1, 0.15) is 24.7 Å². The third-order valence-corrected chi connectivity index (χ3v) is 8.43. The average molecular weight is 639 g/mol. The molecule has 1 heterocycles. The number of morpholine rings is 1. The maximum atomic E-state index is 14.8. The number of carbonyl (C=O) groups is 1. The van der Waals surface area contributed by atoms with E-state index in [2.05, 4.69) is 23.6 Å². The third-order valence-electron chi connectivity index (χ3n) is 8.43. The first-order chi connectivity index (χ1) is 23.5. The molecule has 0 N–H and O–H groups in total. The molecule has 0 unspecified atom stereocenters. The lowest BCUT2D eigenvalue weighted by molar-refractivity contribution is 0.0342. The van der Waals surface area contributed by atoms with Crippen LogP contribution in [-0.4, -0.2) is 37.1 Å². The van der Waals surface area contributed by atoms with Gasteiger partial charge in [-0.3, -0.25) is 9.69 Å². The summed E-state index contributed by atoms with van der Waals surface area (Å²) < 4.78 is 18.3. The van der Waals surface area contributed by atoms with Gasteiger partial charge in [-0.25, -0.2) is 0 Å². The Morgan fingerprint density at radius 2 is 1.21 bits per heavy atom. The van der Waals surface area contributed by atoms with Gasteiger partial charge in [0.15, 0.2) is 0 Å². The monoisotopic (exact) mass is 638 g/mol. The number of rotatable bonds is 13. The predicted octanol–water partition coefficient (Wildman–Crippen LogP) is 8.56. The van der Waals surface area contributed by atoms with Gasteiger partial charge in [0, 0.05) is 37.0 Å². The molecule has 0 aliphatic carbocycles. The van der Waals surface area contributed by atoms with Crippen LogP contribution in [0.5, 0.6) is 11.5 Å². The predicted molar refractivity (Wildman–Crippen MR) is 192 cm³/mol. The molecular weight excluding hydrogens is 596 g/mol. The third kappa shape index (κ3) is 8.59. The topological polar surface area (TPSA) is 51.2 Å². The summed E-state index contributed by atoms with van der Waals surface area (Å²) in [6, 6.07) is 42.1. The van der Waals surface area contributed by atoms with E-state index < -0.39 is 0 Å². The largest absolute Gasteiger partial charge is 0.488 e. The molecule has 48 heavy (non-hydrogen) atoms. The summed E-state index contributed by atoms with van der Waals surface area (Å²) in [5.74, 6) is 0.909. The smallest absolute Gasteiger partial charge is 0.262 e. The standard InChI is InChI=1S/C42H42N2O4/c1-32(2)38-26-39(41(48-31-36-16-10-5-11-17-36)27-40(38)47-30-35-14-8-4-9-15-35)42(45)44(29-33-12-6-3-7-13-33)37-20-18-34(19-21-37)28-43-22-24-46-25-23-43/h3-21,26-27H,1,22-25,28-31H2,2H3. The Morgan fingerprint density at radius 3 is 1.75 bits per heavy atom. The van der Waals surface area contributed by atoms with Gasteiger partial charge >= 0.3 is 0 Å². The van der Waals surface area contributed by atoms with Crippen molar-refractivity contribution < 1.29 is 19.0 Å². The second-order valence-electron chi connectivity index (χ2n) is 12.1. The van der Waals surface area contributed by atoms with Crippen molar-refractivity contribution >= 4 is 17.2 Å². The maximum Gasteiger partial charge on any atom is 0.262 e. The van der Waals surface area contributed by atoms with Crippen molar-refractivity contribution in [1.82, 2.24) is 4.90 Å². The molecule has 1 amide bonds. The van der Waals surface area contributed by atoms with Crippen LogP contribution < -0.4 is 14.4 Å². The quantitative estimate of drug-likeness (QED) is 0.129. The highest BCUT2D eigenvalue weighted by Crippen LogP contribution is 2.36. The van der Waals surface area contributed by atoms with Gasteiger partial charge in [0.25, 0.3) is 5.91 Å². The van der Waals surface area contributed by atoms with E-state index in [1.165, 1.54) is 5.56 Å². The summed E-state index contributed by atoms with van der Waals surface area (Å²) in [5, 5.41) is 0. The highest BCUT2D eigenvalue weighted by atomic mass is 16.5. The van der Waals surface area contributed by atoms with Crippen LogP contribution in [0.2, 0.25) is 0 Å². The summed E-state index contributed by atoms with van der Waals surface area (Å²) in [6.45, 7) is 11.4. The second kappa shape index (κ2) is 16.1. The van der Waals surface area contributed by atoms with Gasteiger partial charge in [0.05, 0.1) is 25.3 Å². The molecule has 6 nitrogen and oxygen atoms in total. The van der Waals surface area contributed by atoms with Crippen LogP contribution in [0.15, 0.2) is 134 Å². The summed E-state index contributed by atoms with van der Waals surface area (Å²) in [6.07, 6.45) is 0. The van der Waals surface area contributed by atoms with Crippen molar-refractivity contribution in [1.29, 1.82) is 0 Å². The highest BCUT2D eigenvalue weighted by Gasteiger charge is 2.25. The Bertz CT molecular complexity index is 1790. The lowest BCUT2D eigenvalue weighted by atomic mass is 10.0. The lowest BCUT2D eigenvalue weighted by Crippen LogP contribution is -2.35. The van der Waals surface area contributed by atoms with Crippen LogP contribution in [0.25, 0.3) is 5.57 Å². The van der Waals surface area contributed by atoms with Crippen LogP contribution in [0.3, 0.4) is 0 Å². The molecule has 1 aliphatic rings. The first-order valence-electron chi connectivity index (χ1n) is 16.5. The van der Waals surface area contributed by atoms with Crippen LogP contribution in [0.1, 0.15) is 45.1 Å². The molecule has 0 spiro atoms. The number of allylic oxidation sites excluding steroid dienone is 1. The minimum absolute atomic E-state index is 0.167. The zero-order valence-corrected chi connectivity index (χ0v) is 27.5. The van der Waals surface area contributed by atoms with Crippen LogP contribution in [-0.2, 0) is 31.0 Å². The van der Waals surface area contributed by atoms with E-state index in [-0.39, 0.29) is 5.91 Å². The summed E-state index contributed by atoms with van der Waals surface area (Å²) in [4.78, 5) is 19.0. The molecule has 0 bridgehead atoms. The second-order valence-corrected chi connectivity index (χ2v) is 12.1. The number of hydrogen-bond donors (Lipinski definition) is 0. The normalized spacial score (nSPS) is 13.1. The maximum absolute atomic E-state index is 14.8. The van der Waals surface area contributed by atoms with E-state index in [9.17, 15) is 4.79 Å². The zero-order chi connectivity index (χ0) is 33.1. The van der Waals surface area contributed by atoms with E-state index in [0.29, 0.717) is 36.8 Å². The van der Waals surface area contributed by atoms with E-state index in [1.807, 2.05) is 127 Å². The number of anilines is 1. The van der Waals surface area contributed by atoms with Gasteiger partial charge in [-0.05, 0) is 52.9 Å². The first-order valence-corrected chi connectivity index (χ1v) is 16.5. The van der Waals surface area contributed by atoms with Crippen molar-refractivity contribution in [2.45, 2.75) is 33.2 Å². The molecule has 5 aromatic rings. The number of ether oxygens (including phenoxy) is 3. The Kier molecular flexibility index (Phi) is 11.0. The van der Waals surface area contributed by atoms with Crippen molar-refractivity contribution in [3.63, 3.8) is 0 Å². The fourth-order valence-corrected chi connectivity index (χ4v) is 5.76. The highest BCUT2D eigenvalue weighted by molar-refractivity contribution is 6.08. The first kappa shape index (κ1) is 32.8. The molecule has 5 aromatic carbocycles. The molecule has 1 aliphatic heterocycles. The van der Waals surface area contributed by atoms with E-state index in [1.54, 1.807) is 0 Å². The summed E-state index contributed by atoms with van der Waals surface area (Å²) >= 11 is 0. The van der Waals surface area contributed by atoms with Gasteiger partial charge < -0.3 is 19.1 Å².